The van der Waals surface area contributed by atoms with E-state index in [-0.39, 0.29) is 0 Å². The van der Waals surface area contributed by atoms with E-state index in [9.17, 15) is 0 Å². The maximum absolute atomic E-state index is 4.71. The molecule has 0 N–H and O–H groups in total. The third kappa shape index (κ3) is 3.19. The molecule has 0 atom stereocenters. The third-order valence-corrected chi connectivity index (χ3v) is 5.09. The first-order chi connectivity index (χ1) is 13.4. The predicted octanol–water partition coefficient (Wildman–Crippen LogP) is 2.08. The maximum Gasteiger partial charge on any atom is 0.178 e. The number of pyridine rings is 1. The number of hydrogen-bond acceptors (Lipinski definition) is 6. The molecule has 136 valence electrons. The van der Waals surface area contributed by atoms with Gasteiger partial charge in [0, 0.05) is 37.3 Å². The summed E-state index contributed by atoms with van der Waals surface area (Å²) in [6.07, 6.45) is 9.49. The summed E-state index contributed by atoms with van der Waals surface area (Å²) in [7, 11) is 0. The number of likely N-dealkylation sites (tertiary alicyclic amines) is 1. The number of rotatable bonds is 4. The monoisotopic (exact) mass is 360 g/mol. The van der Waals surface area contributed by atoms with Gasteiger partial charge in [0.25, 0.3) is 0 Å². The molecule has 8 heteroatoms. The molecule has 0 unspecified atom stereocenters. The molecule has 0 spiro atoms. The van der Waals surface area contributed by atoms with Crippen molar-refractivity contribution in [1.29, 1.82) is 0 Å². The summed E-state index contributed by atoms with van der Waals surface area (Å²) in [5, 5.41) is 17.7. The minimum absolute atomic E-state index is 0.366. The van der Waals surface area contributed by atoms with Crippen LogP contribution in [0.2, 0.25) is 0 Å². The summed E-state index contributed by atoms with van der Waals surface area (Å²) < 4.78 is 3.62. The van der Waals surface area contributed by atoms with Crippen molar-refractivity contribution in [2.45, 2.75) is 25.3 Å². The molecule has 0 amide bonds. The normalized spacial score (nSPS) is 16.1. The minimum Gasteiger partial charge on any atom is -0.299 e. The van der Waals surface area contributed by atoms with Gasteiger partial charge in [0.15, 0.2) is 17.3 Å². The van der Waals surface area contributed by atoms with Crippen LogP contribution in [0.5, 0.6) is 0 Å². The lowest BCUT2D eigenvalue weighted by molar-refractivity contribution is 0.200. The summed E-state index contributed by atoms with van der Waals surface area (Å²) in [6.45, 7) is 3.02. The largest absolute Gasteiger partial charge is 0.299 e. The van der Waals surface area contributed by atoms with E-state index >= 15 is 0 Å². The molecule has 5 rings (SSSR count). The Labute approximate surface area is 156 Å². The molecule has 0 aromatic carbocycles. The zero-order chi connectivity index (χ0) is 18.1. The first-order valence-corrected chi connectivity index (χ1v) is 9.20. The molecule has 1 aliphatic rings. The van der Waals surface area contributed by atoms with Gasteiger partial charge in [-0.05, 0) is 55.8 Å². The second kappa shape index (κ2) is 6.88. The minimum atomic E-state index is 0.366. The zero-order valence-electron chi connectivity index (χ0n) is 14.9. The highest BCUT2D eigenvalue weighted by molar-refractivity contribution is 5.39. The first kappa shape index (κ1) is 16.1. The maximum atomic E-state index is 4.71. The highest BCUT2D eigenvalue weighted by Crippen LogP contribution is 2.27. The van der Waals surface area contributed by atoms with Crippen molar-refractivity contribution in [3.8, 4) is 5.82 Å². The van der Waals surface area contributed by atoms with E-state index in [2.05, 4.69) is 31.2 Å². The lowest BCUT2D eigenvalue weighted by atomic mass is 9.96. The molecule has 1 fully saturated rings. The Bertz CT molecular complexity index is 1020. The van der Waals surface area contributed by atoms with E-state index in [4.69, 9.17) is 5.10 Å². The Hall–Kier alpha value is -3.13. The summed E-state index contributed by atoms with van der Waals surface area (Å²) >= 11 is 0. The highest BCUT2D eigenvalue weighted by atomic mass is 15.4. The molecule has 1 aliphatic heterocycles. The molecule has 5 heterocycles. The van der Waals surface area contributed by atoms with E-state index in [1.54, 1.807) is 10.9 Å². The molecular weight excluding hydrogens is 340 g/mol. The molecule has 1 saturated heterocycles. The lowest BCUT2D eigenvalue weighted by Gasteiger charge is -2.30. The zero-order valence-corrected chi connectivity index (χ0v) is 14.9. The van der Waals surface area contributed by atoms with Gasteiger partial charge in [-0.1, -0.05) is 6.07 Å². The van der Waals surface area contributed by atoms with Crippen molar-refractivity contribution >= 4 is 5.65 Å². The first-order valence-electron chi connectivity index (χ1n) is 9.20. The molecule has 4 aromatic heterocycles. The topological polar surface area (TPSA) is 77.0 Å². The summed E-state index contributed by atoms with van der Waals surface area (Å²) in [5.41, 5.74) is 2.04. The summed E-state index contributed by atoms with van der Waals surface area (Å²) in [6, 6.07) is 9.87. The van der Waals surface area contributed by atoms with Gasteiger partial charge in [0.2, 0.25) is 0 Å². The molecular formula is C19H20N8. The van der Waals surface area contributed by atoms with Crippen molar-refractivity contribution in [2.75, 3.05) is 13.1 Å². The van der Waals surface area contributed by atoms with Crippen molar-refractivity contribution in [2.24, 2.45) is 0 Å². The Morgan fingerprint density at radius 2 is 1.93 bits per heavy atom. The second-order valence-corrected chi connectivity index (χ2v) is 6.88. The SMILES string of the molecule is c1cncc(CN2CCC(c3nnc4ccc(-n5cccn5)nn34)CC2)c1. The average Bonchev–Trinajstić information content (AvgIpc) is 3.39. The number of aromatic nitrogens is 7. The standard InChI is InChI=1S/C19H20N8/c1-3-15(13-20-8-1)14-25-11-6-16(7-12-25)19-23-22-17-4-5-18(24-27(17)19)26-10-2-9-21-26/h1-5,8-10,13,16H,6-7,11-12,14H2. The third-order valence-electron chi connectivity index (χ3n) is 5.09. The van der Waals surface area contributed by atoms with Crippen LogP contribution in [-0.2, 0) is 6.54 Å². The van der Waals surface area contributed by atoms with E-state index in [1.807, 2.05) is 47.4 Å². The van der Waals surface area contributed by atoms with Gasteiger partial charge in [-0.25, -0.2) is 4.68 Å². The second-order valence-electron chi connectivity index (χ2n) is 6.88. The van der Waals surface area contributed by atoms with Crippen LogP contribution in [0, 0.1) is 0 Å². The van der Waals surface area contributed by atoms with E-state index in [0.717, 1.165) is 49.8 Å². The predicted molar refractivity (Wildman–Crippen MR) is 99.4 cm³/mol. The van der Waals surface area contributed by atoms with Crippen LogP contribution in [0.3, 0.4) is 0 Å². The molecule has 8 nitrogen and oxygen atoms in total. The smallest absolute Gasteiger partial charge is 0.178 e. The van der Waals surface area contributed by atoms with Crippen LogP contribution < -0.4 is 0 Å². The van der Waals surface area contributed by atoms with Gasteiger partial charge in [0.05, 0.1) is 0 Å². The average molecular weight is 360 g/mol. The lowest BCUT2D eigenvalue weighted by Crippen LogP contribution is -2.33. The fourth-order valence-corrected chi connectivity index (χ4v) is 3.68. The fraction of sp³-hybridized carbons (Fsp3) is 0.316. The Kier molecular flexibility index (Phi) is 4.10. The van der Waals surface area contributed by atoms with Crippen LogP contribution in [0.25, 0.3) is 11.5 Å². The number of hydrogen-bond donors (Lipinski definition) is 0. The highest BCUT2D eigenvalue weighted by Gasteiger charge is 2.25. The fourth-order valence-electron chi connectivity index (χ4n) is 3.68. The van der Waals surface area contributed by atoms with Crippen molar-refractivity contribution in [3.05, 3.63) is 66.5 Å². The number of fused-ring (bicyclic) bond motifs is 1. The van der Waals surface area contributed by atoms with Gasteiger partial charge < -0.3 is 0 Å². The number of nitrogens with zero attached hydrogens (tertiary/aromatic N) is 8. The molecule has 0 bridgehead atoms. The van der Waals surface area contributed by atoms with Crippen molar-refractivity contribution in [3.63, 3.8) is 0 Å². The van der Waals surface area contributed by atoms with Crippen LogP contribution >= 0.6 is 0 Å². The van der Waals surface area contributed by atoms with Gasteiger partial charge >= 0.3 is 0 Å². The van der Waals surface area contributed by atoms with Gasteiger partial charge in [-0.15, -0.1) is 15.3 Å². The molecule has 0 aliphatic carbocycles. The Morgan fingerprint density at radius 3 is 2.70 bits per heavy atom. The van der Waals surface area contributed by atoms with Gasteiger partial charge in [0.1, 0.15) is 0 Å². The van der Waals surface area contributed by atoms with E-state index in [1.165, 1.54) is 5.56 Å². The van der Waals surface area contributed by atoms with Crippen LogP contribution in [0.1, 0.15) is 30.1 Å². The van der Waals surface area contributed by atoms with Crippen LogP contribution in [-0.4, -0.2) is 52.6 Å². The van der Waals surface area contributed by atoms with Crippen LogP contribution in [0.4, 0.5) is 0 Å². The molecule has 27 heavy (non-hydrogen) atoms. The number of piperidine rings is 1. The van der Waals surface area contributed by atoms with Crippen molar-refractivity contribution < 1.29 is 0 Å². The van der Waals surface area contributed by atoms with Gasteiger partial charge in [-0.3, -0.25) is 9.88 Å². The van der Waals surface area contributed by atoms with E-state index < -0.39 is 0 Å². The Balaban J connectivity index is 1.33. The molecule has 0 radical (unpaired) electrons. The quantitative estimate of drug-likeness (QED) is 0.555. The van der Waals surface area contributed by atoms with Gasteiger partial charge in [-0.2, -0.15) is 9.61 Å². The molecule has 0 saturated carbocycles. The Morgan fingerprint density at radius 1 is 1.00 bits per heavy atom. The summed E-state index contributed by atoms with van der Waals surface area (Å²) in [5.74, 6) is 2.08. The molecule has 4 aromatic rings. The van der Waals surface area contributed by atoms with Crippen molar-refractivity contribution in [1.82, 2.24) is 39.5 Å². The summed E-state index contributed by atoms with van der Waals surface area (Å²) in [4.78, 5) is 6.68. The van der Waals surface area contributed by atoms with E-state index in [0.29, 0.717) is 5.92 Å². The van der Waals surface area contributed by atoms with Crippen LogP contribution in [0.15, 0.2) is 55.1 Å².